The molecule has 2 aromatic heterocycles. The Morgan fingerprint density at radius 3 is 1.12 bits per heavy atom. The number of hydrogen-bond acceptors (Lipinski definition) is 8. The molecule has 10 nitrogen and oxygen atoms in total. The zero-order valence-electron chi connectivity index (χ0n) is 32.9. The zero-order chi connectivity index (χ0) is 40.0. The average Bonchev–Trinajstić information content (AvgIpc) is 3.67. The summed E-state index contributed by atoms with van der Waals surface area (Å²) in [5, 5.41) is 6.23. The van der Waals surface area contributed by atoms with Gasteiger partial charge in [-0.2, -0.15) is 0 Å². The summed E-state index contributed by atoms with van der Waals surface area (Å²) in [4.78, 5) is 49.2. The Bertz CT molecular complexity index is 2670. The van der Waals surface area contributed by atoms with E-state index in [0.29, 0.717) is 24.2 Å². The molecule has 4 bridgehead atoms. The van der Waals surface area contributed by atoms with Gasteiger partial charge in [-0.3, -0.25) is 9.59 Å². The van der Waals surface area contributed by atoms with E-state index < -0.39 is 31.5 Å². The SMILES string of the molecule is CC12CCC(C(=O)Nc3ccc(S(=O)(=O)c4ccc(NC(=O)C56CCC(C)(c7nc8ccccc8nc75)C6(C)C)cc4)cc3)(c3nc4ccccc4nc31)C2(C)C. The number of rotatable bonds is 6. The molecule has 4 aromatic carbocycles. The number of amides is 2. The highest BCUT2D eigenvalue weighted by atomic mass is 32.2. The molecule has 4 atom stereocenters. The summed E-state index contributed by atoms with van der Waals surface area (Å²) in [5.74, 6) is -0.334. The minimum absolute atomic E-state index is 0.0898. The Balaban J connectivity index is 0.887. The second-order valence-electron chi connectivity index (χ2n) is 18.0. The Morgan fingerprint density at radius 2 is 0.789 bits per heavy atom. The van der Waals surface area contributed by atoms with Gasteiger partial charge in [-0.25, -0.2) is 28.4 Å². The number of nitrogens with one attached hydrogen (secondary N) is 2. The summed E-state index contributed by atoms with van der Waals surface area (Å²) in [6.45, 7) is 12.9. The monoisotopic (exact) mass is 776 g/mol. The predicted octanol–water partition coefficient (Wildman–Crippen LogP) is 8.34. The second kappa shape index (κ2) is 11.3. The number of carbonyl (C=O) groups excluding carboxylic acids is 2. The van der Waals surface area contributed by atoms with Crippen molar-refractivity contribution in [1.82, 2.24) is 19.9 Å². The third-order valence-electron chi connectivity index (χ3n) is 15.5. The first kappa shape index (κ1) is 35.8. The van der Waals surface area contributed by atoms with Crippen molar-refractivity contribution < 1.29 is 18.0 Å². The van der Waals surface area contributed by atoms with E-state index in [0.717, 1.165) is 57.7 Å². The molecule has 0 saturated heterocycles. The highest BCUT2D eigenvalue weighted by Gasteiger charge is 2.74. The third-order valence-corrected chi connectivity index (χ3v) is 17.3. The van der Waals surface area contributed by atoms with Crippen LogP contribution >= 0.6 is 0 Å². The van der Waals surface area contributed by atoms with Crippen molar-refractivity contribution in [1.29, 1.82) is 0 Å². The van der Waals surface area contributed by atoms with Crippen LogP contribution in [-0.2, 0) is 41.1 Å². The van der Waals surface area contributed by atoms with Gasteiger partial charge in [-0.1, -0.05) is 65.8 Å². The number of sulfone groups is 1. The molecular formula is C46H44N6O4S. The lowest BCUT2D eigenvalue weighted by Gasteiger charge is -2.39. The van der Waals surface area contributed by atoms with E-state index in [2.05, 4.69) is 52.2 Å². The van der Waals surface area contributed by atoms with Gasteiger partial charge in [0.25, 0.3) is 0 Å². The van der Waals surface area contributed by atoms with Crippen LogP contribution in [0.3, 0.4) is 0 Å². The Kier molecular flexibility index (Phi) is 7.11. The molecule has 4 aliphatic carbocycles. The van der Waals surface area contributed by atoms with Crippen LogP contribution in [0.25, 0.3) is 22.1 Å². The minimum atomic E-state index is -3.92. The van der Waals surface area contributed by atoms with Gasteiger partial charge >= 0.3 is 0 Å². The number of para-hydroxylation sites is 4. The normalized spacial score (nSPS) is 27.3. The number of nitrogens with zero attached hydrogens (tertiary/aromatic N) is 4. The summed E-state index contributed by atoms with van der Waals surface area (Å²) in [6, 6.07) is 28.1. The average molecular weight is 777 g/mol. The predicted molar refractivity (Wildman–Crippen MR) is 219 cm³/mol. The first-order valence-corrected chi connectivity index (χ1v) is 21.1. The van der Waals surface area contributed by atoms with Gasteiger partial charge in [0.1, 0.15) is 0 Å². The molecule has 2 heterocycles. The maximum Gasteiger partial charge on any atom is 0.237 e. The maximum absolute atomic E-state index is 14.4. The minimum Gasteiger partial charge on any atom is -0.325 e. The second-order valence-corrected chi connectivity index (χ2v) is 20.0. The molecule has 2 saturated carbocycles. The van der Waals surface area contributed by atoms with E-state index in [1.165, 1.54) is 24.3 Å². The fraction of sp³-hybridized carbons (Fsp3) is 0.348. The van der Waals surface area contributed by atoms with E-state index in [4.69, 9.17) is 19.9 Å². The fourth-order valence-corrected chi connectivity index (χ4v) is 12.4. The summed E-state index contributed by atoms with van der Waals surface area (Å²) >= 11 is 0. The summed E-state index contributed by atoms with van der Waals surface area (Å²) in [6.07, 6.45) is 2.90. The lowest BCUT2D eigenvalue weighted by molar-refractivity contribution is -0.125. The standard InChI is InChI=1S/C46H44N6O4S/c1-41(2)43(5)23-25-45(41,37-35(43)49-31-11-7-9-13-33(31)51-37)39(53)47-27-15-19-29(20-16-27)57(55,56)30-21-17-28(18-22-30)48-40(54)46-26-24-44(6,42(46,3)4)36-38(46)52-34-14-10-8-12-32(34)50-36/h7-22H,23-26H2,1-6H3,(H,47,53)(H,48,54). The van der Waals surface area contributed by atoms with Gasteiger partial charge < -0.3 is 10.6 Å². The van der Waals surface area contributed by atoms with Gasteiger partial charge in [0.2, 0.25) is 21.7 Å². The van der Waals surface area contributed by atoms with E-state index in [1.807, 2.05) is 48.5 Å². The van der Waals surface area contributed by atoms with Gasteiger partial charge in [0.05, 0.1) is 65.5 Å². The van der Waals surface area contributed by atoms with Gasteiger partial charge in [0.15, 0.2) is 0 Å². The molecule has 6 aromatic rings. The van der Waals surface area contributed by atoms with E-state index in [-0.39, 0.29) is 32.4 Å². The maximum atomic E-state index is 14.4. The molecule has 4 unspecified atom stereocenters. The molecule has 4 aliphatic rings. The number of benzene rings is 4. The number of carbonyl (C=O) groups is 2. The van der Waals surface area contributed by atoms with Crippen LogP contribution in [0.15, 0.2) is 107 Å². The molecule has 2 amide bonds. The number of fused-ring (bicyclic) bond motifs is 12. The molecule has 57 heavy (non-hydrogen) atoms. The molecular weight excluding hydrogens is 733 g/mol. The zero-order valence-corrected chi connectivity index (χ0v) is 33.7. The van der Waals surface area contributed by atoms with Crippen molar-refractivity contribution in [3.8, 4) is 0 Å². The Hall–Kier alpha value is -5.55. The quantitative estimate of drug-likeness (QED) is 0.172. The summed E-state index contributed by atoms with van der Waals surface area (Å²) in [7, 11) is -3.92. The largest absolute Gasteiger partial charge is 0.325 e. The van der Waals surface area contributed by atoms with Crippen LogP contribution in [-0.4, -0.2) is 40.2 Å². The Labute approximate surface area is 331 Å². The van der Waals surface area contributed by atoms with Crippen molar-refractivity contribution in [2.45, 2.75) is 98.7 Å². The molecule has 2 N–H and O–H groups in total. The van der Waals surface area contributed by atoms with Crippen molar-refractivity contribution in [2.75, 3.05) is 10.6 Å². The van der Waals surface area contributed by atoms with E-state index in [9.17, 15) is 18.0 Å². The molecule has 2 fully saturated rings. The van der Waals surface area contributed by atoms with Crippen LogP contribution in [0, 0.1) is 10.8 Å². The Morgan fingerprint density at radius 1 is 0.474 bits per heavy atom. The van der Waals surface area contributed by atoms with Crippen molar-refractivity contribution in [2.24, 2.45) is 10.8 Å². The smallest absolute Gasteiger partial charge is 0.237 e. The van der Waals surface area contributed by atoms with Gasteiger partial charge in [-0.15, -0.1) is 0 Å². The van der Waals surface area contributed by atoms with Crippen LogP contribution in [0.1, 0.15) is 90.0 Å². The highest BCUT2D eigenvalue weighted by Crippen LogP contribution is 2.71. The van der Waals surface area contributed by atoms with Crippen LogP contribution < -0.4 is 10.6 Å². The van der Waals surface area contributed by atoms with Crippen LogP contribution in [0.4, 0.5) is 11.4 Å². The van der Waals surface area contributed by atoms with Crippen molar-refractivity contribution >= 4 is 55.1 Å². The van der Waals surface area contributed by atoms with E-state index >= 15 is 0 Å². The molecule has 0 radical (unpaired) electrons. The topological polar surface area (TPSA) is 144 Å². The highest BCUT2D eigenvalue weighted by molar-refractivity contribution is 7.91. The van der Waals surface area contributed by atoms with Crippen LogP contribution in [0.5, 0.6) is 0 Å². The molecule has 0 spiro atoms. The number of hydrogen-bond donors (Lipinski definition) is 2. The van der Waals surface area contributed by atoms with Gasteiger partial charge in [0, 0.05) is 22.2 Å². The molecule has 10 rings (SSSR count). The lowest BCUT2D eigenvalue weighted by Crippen LogP contribution is -2.48. The first-order valence-electron chi connectivity index (χ1n) is 19.7. The molecule has 0 aliphatic heterocycles. The molecule has 11 heteroatoms. The van der Waals surface area contributed by atoms with Crippen molar-refractivity contribution in [3.63, 3.8) is 0 Å². The summed E-state index contributed by atoms with van der Waals surface area (Å²) < 4.78 is 27.7. The third kappa shape index (κ3) is 4.27. The summed E-state index contributed by atoms with van der Waals surface area (Å²) in [5.41, 5.74) is 4.01. The van der Waals surface area contributed by atoms with Crippen molar-refractivity contribution in [3.05, 3.63) is 120 Å². The number of anilines is 2. The fourth-order valence-electron chi connectivity index (χ4n) is 11.1. The molecule has 288 valence electrons. The first-order chi connectivity index (χ1) is 27.0. The van der Waals surface area contributed by atoms with Crippen LogP contribution in [0.2, 0.25) is 0 Å². The number of aromatic nitrogens is 4. The lowest BCUT2D eigenvalue weighted by atomic mass is 9.63. The van der Waals surface area contributed by atoms with E-state index in [1.54, 1.807) is 24.3 Å². The van der Waals surface area contributed by atoms with Gasteiger partial charge in [-0.05, 0) is 109 Å².